The van der Waals surface area contributed by atoms with E-state index < -0.39 is 10.0 Å². The number of aromatic nitrogens is 2. The monoisotopic (exact) mass is 613 g/mol. The molecular formula is C29H36ClN7O4S. The zero-order valence-electron chi connectivity index (χ0n) is 23.6. The highest BCUT2D eigenvalue weighted by Gasteiger charge is 2.33. The van der Waals surface area contributed by atoms with Crippen molar-refractivity contribution >= 4 is 44.7 Å². The quantitative estimate of drug-likeness (QED) is 0.371. The van der Waals surface area contributed by atoms with Gasteiger partial charge in [0.1, 0.15) is 4.90 Å². The molecule has 0 unspecified atom stereocenters. The largest absolute Gasteiger partial charge is 0.381 e. The first-order valence-electron chi connectivity index (χ1n) is 14.3. The Morgan fingerprint density at radius 3 is 2.60 bits per heavy atom. The van der Waals surface area contributed by atoms with Gasteiger partial charge < -0.3 is 25.2 Å². The van der Waals surface area contributed by atoms with Gasteiger partial charge in [-0.25, -0.2) is 8.42 Å². The Balaban J connectivity index is 1.24. The number of aromatic amines is 1. The van der Waals surface area contributed by atoms with Crippen LogP contribution in [0.25, 0.3) is 0 Å². The second-order valence-electron chi connectivity index (χ2n) is 11.1. The minimum atomic E-state index is -3.83. The predicted octanol–water partition coefficient (Wildman–Crippen LogP) is 3.41. The number of ether oxygens (including phenoxy) is 1. The number of carbonyl (C=O) groups is 1. The Morgan fingerprint density at radius 1 is 1.07 bits per heavy atom. The zero-order chi connectivity index (χ0) is 29.3. The fraction of sp³-hybridized carbons (Fsp3) is 0.448. The predicted molar refractivity (Wildman–Crippen MR) is 163 cm³/mol. The minimum Gasteiger partial charge on any atom is -0.381 e. The fourth-order valence-electron chi connectivity index (χ4n) is 5.72. The normalized spacial score (nSPS) is 19.0. The standard InChI is InChI=1S/C29H36ClN7O4S/c1-35-12-14-36(15-13-35)21-6-7-22(26(18-21)31-20-9-16-41-17-10-20)29(38)32-28-23-19-37(11-8-25(23)33-34-28)42(39,40)27-5-3-2-4-24(27)30/h2-7,18,20,31H,8-17,19H2,1H3,(H2,32,33,34,38). The molecular weight excluding hydrogens is 578 g/mol. The van der Waals surface area contributed by atoms with Crippen molar-refractivity contribution in [3.63, 3.8) is 0 Å². The molecule has 3 N–H and O–H groups in total. The van der Waals surface area contributed by atoms with Crippen molar-refractivity contribution in [3.05, 3.63) is 64.3 Å². The van der Waals surface area contributed by atoms with E-state index in [2.05, 4.69) is 43.7 Å². The molecule has 13 heteroatoms. The number of sulfonamides is 1. The van der Waals surface area contributed by atoms with Crippen LogP contribution >= 0.6 is 11.6 Å². The van der Waals surface area contributed by atoms with E-state index >= 15 is 0 Å². The molecule has 0 spiro atoms. The first-order valence-corrected chi connectivity index (χ1v) is 16.2. The summed E-state index contributed by atoms with van der Waals surface area (Å²) in [6.07, 6.45) is 2.17. The molecule has 0 aliphatic carbocycles. The summed E-state index contributed by atoms with van der Waals surface area (Å²) in [6, 6.07) is 12.5. The van der Waals surface area contributed by atoms with Crippen LogP contribution in [0.5, 0.6) is 0 Å². The lowest BCUT2D eigenvalue weighted by Gasteiger charge is -2.34. The number of anilines is 3. The van der Waals surface area contributed by atoms with Crippen LogP contribution in [0.2, 0.25) is 5.02 Å². The molecule has 1 aromatic heterocycles. The van der Waals surface area contributed by atoms with E-state index in [0.717, 1.165) is 56.1 Å². The van der Waals surface area contributed by atoms with Gasteiger partial charge in [-0.3, -0.25) is 9.89 Å². The fourth-order valence-corrected chi connectivity index (χ4v) is 7.62. The van der Waals surface area contributed by atoms with Crippen LogP contribution in [-0.4, -0.2) is 92.8 Å². The van der Waals surface area contributed by atoms with E-state index in [-0.39, 0.29) is 35.0 Å². The number of amides is 1. The second-order valence-corrected chi connectivity index (χ2v) is 13.4. The van der Waals surface area contributed by atoms with E-state index in [1.807, 2.05) is 12.1 Å². The number of rotatable bonds is 7. The Kier molecular flexibility index (Phi) is 8.42. The van der Waals surface area contributed by atoms with Crippen LogP contribution in [0.3, 0.4) is 0 Å². The zero-order valence-corrected chi connectivity index (χ0v) is 25.2. The first-order chi connectivity index (χ1) is 20.3. The highest BCUT2D eigenvalue weighted by atomic mass is 35.5. The van der Waals surface area contributed by atoms with Crippen molar-refractivity contribution in [1.29, 1.82) is 0 Å². The van der Waals surface area contributed by atoms with Gasteiger partial charge in [-0.2, -0.15) is 9.40 Å². The lowest BCUT2D eigenvalue weighted by Crippen LogP contribution is -2.44. The third-order valence-electron chi connectivity index (χ3n) is 8.28. The SMILES string of the molecule is CN1CCN(c2ccc(C(=O)Nc3n[nH]c4c3CN(S(=O)(=O)c3ccccc3Cl)CC4)c(NC3CCOCC3)c2)CC1. The van der Waals surface area contributed by atoms with Gasteiger partial charge in [0.15, 0.2) is 5.82 Å². The Morgan fingerprint density at radius 2 is 1.83 bits per heavy atom. The Labute approximate surface area is 251 Å². The summed E-state index contributed by atoms with van der Waals surface area (Å²) in [5, 5.41) is 14.1. The highest BCUT2D eigenvalue weighted by molar-refractivity contribution is 7.89. The van der Waals surface area contributed by atoms with Crippen LogP contribution in [0.1, 0.15) is 34.5 Å². The summed E-state index contributed by atoms with van der Waals surface area (Å²) in [7, 11) is -1.71. The molecule has 3 aliphatic rings. The number of fused-ring (bicyclic) bond motifs is 1. The van der Waals surface area contributed by atoms with Gasteiger partial charge in [-0.05, 0) is 50.2 Å². The molecule has 0 radical (unpaired) electrons. The lowest BCUT2D eigenvalue weighted by molar-refractivity contribution is 0.0904. The van der Waals surface area contributed by atoms with Gasteiger partial charge in [0.25, 0.3) is 5.91 Å². The van der Waals surface area contributed by atoms with Crippen molar-refractivity contribution in [3.8, 4) is 0 Å². The van der Waals surface area contributed by atoms with Gasteiger partial charge in [-0.1, -0.05) is 23.7 Å². The van der Waals surface area contributed by atoms with Crippen LogP contribution < -0.4 is 15.5 Å². The van der Waals surface area contributed by atoms with Crippen molar-refractivity contribution in [2.75, 3.05) is 68.5 Å². The molecule has 42 heavy (non-hydrogen) atoms. The molecule has 6 rings (SSSR count). The number of carbonyl (C=O) groups excluding carboxylic acids is 1. The molecule has 2 fully saturated rings. The molecule has 2 aromatic carbocycles. The molecule has 224 valence electrons. The second kappa shape index (κ2) is 12.2. The maximum Gasteiger partial charge on any atom is 0.258 e. The molecule has 4 heterocycles. The number of hydrogen-bond donors (Lipinski definition) is 3. The number of hydrogen-bond acceptors (Lipinski definition) is 8. The molecule has 3 aliphatic heterocycles. The molecule has 1 amide bonds. The molecule has 0 atom stereocenters. The number of halogens is 1. The summed E-state index contributed by atoms with van der Waals surface area (Å²) in [4.78, 5) is 18.5. The number of benzene rings is 2. The third kappa shape index (κ3) is 6.00. The summed E-state index contributed by atoms with van der Waals surface area (Å²) in [5.74, 6) is 0.0177. The summed E-state index contributed by atoms with van der Waals surface area (Å²) in [6.45, 7) is 5.54. The number of piperazine rings is 1. The van der Waals surface area contributed by atoms with Gasteiger partial charge in [0.05, 0.1) is 10.6 Å². The van der Waals surface area contributed by atoms with Gasteiger partial charge in [0, 0.05) is 87.6 Å². The molecule has 0 bridgehead atoms. The lowest BCUT2D eigenvalue weighted by atomic mass is 10.1. The Hall–Kier alpha value is -3.16. The van der Waals surface area contributed by atoms with Crippen molar-refractivity contribution in [2.45, 2.75) is 36.7 Å². The van der Waals surface area contributed by atoms with Crippen LogP contribution in [0.15, 0.2) is 47.4 Å². The number of nitrogens with zero attached hydrogens (tertiary/aromatic N) is 4. The average Bonchev–Trinajstić information content (AvgIpc) is 3.40. The van der Waals surface area contributed by atoms with Crippen molar-refractivity contribution in [1.82, 2.24) is 19.4 Å². The van der Waals surface area contributed by atoms with Gasteiger partial charge in [-0.15, -0.1) is 0 Å². The number of likely N-dealkylation sites (N-methyl/N-ethyl adjacent to an activating group) is 1. The third-order valence-corrected chi connectivity index (χ3v) is 10.6. The maximum atomic E-state index is 13.7. The maximum absolute atomic E-state index is 13.7. The topological polar surface area (TPSA) is 123 Å². The molecule has 0 saturated carbocycles. The number of H-pyrrole nitrogens is 1. The average molecular weight is 614 g/mol. The van der Waals surface area contributed by atoms with Gasteiger partial charge in [0.2, 0.25) is 10.0 Å². The molecule has 2 saturated heterocycles. The first kappa shape index (κ1) is 28.9. The van der Waals surface area contributed by atoms with Crippen LogP contribution in [-0.2, 0) is 27.7 Å². The van der Waals surface area contributed by atoms with Crippen molar-refractivity contribution < 1.29 is 17.9 Å². The van der Waals surface area contributed by atoms with E-state index in [1.165, 1.54) is 10.4 Å². The molecule has 11 nitrogen and oxygen atoms in total. The van der Waals surface area contributed by atoms with E-state index in [4.69, 9.17) is 16.3 Å². The van der Waals surface area contributed by atoms with E-state index in [0.29, 0.717) is 36.6 Å². The van der Waals surface area contributed by atoms with Crippen molar-refractivity contribution in [2.24, 2.45) is 0 Å². The van der Waals surface area contributed by atoms with Gasteiger partial charge >= 0.3 is 0 Å². The smallest absolute Gasteiger partial charge is 0.258 e. The Bertz CT molecular complexity index is 1550. The minimum absolute atomic E-state index is 0.0634. The van der Waals surface area contributed by atoms with E-state index in [9.17, 15) is 13.2 Å². The number of nitrogens with one attached hydrogen (secondary N) is 3. The molecule has 3 aromatic rings. The van der Waals surface area contributed by atoms with Crippen LogP contribution in [0.4, 0.5) is 17.2 Å². The summed E-state index contributed by atoms with van der Waals surface area (Å²) in [5.41, 5.74) is 3.81. The van der Waals surface area contributed by atoms with Crippen LogP contribution in [0, 0.1) is 0 Å². The summed E-state index contributed by atoms with van der Waals surface area (Å²) < 4.78 is 33.7. The van der Waals surface area contributed by atoms with E-state index in [1.54, 1.807) is 18.2 Å². The highest BCUT2D eigenvalue weighted by Crippen LogP contribution is 2.32. The summed E-state index contributed by atoms with van der Waals surface area (Å²) >= 11 is 6.23.